The minimum Gasteiger partial charge on any atom is -0.331 e. The minimum absolute atomic E-state index is 0.120. The zero-order chi connectivity index (χ0) is 17.7. The maximum Gasteiger partial charge on any atom is 0.275 e. The summed E-state index contributed by atoms with van der Waals surface area (Å²) in [6, 6.07) is 7.47. The maximum atomic E-state index is 13.3. The Bertz CT molecular complexity index is 814. The molecule has 2 fully saturated rings. The number of aromatic nitrogens is 2. The van der Waals surface area contributed by atoms with Crippen molar-refractivity contribution in [2.45, 2.75) is 69.4 Å². The molecule has 0 spiro atoms. The van der Waals surface area contributed by atoms with Crippen molar-refractivity contribution >= 4 is 5.91 Å². The van der Waals surface area contributed by atoms with E-state index < -0.39 is 0 Å². The van der Waals surface area contributed by atoms with E-state index in [9.17, 15) is 9.18 Å². The first-order chi connectivity index (χ1) is 12.7. The second kappa shape index (κ2) is 6.22. The lowest BCUT2D eigenvalue weighted by atomic mass is 9.84. The highest BCUT2D eigenvalue weighted by Crippen LogP contribution is 2.44. The number of hydrogen-bond acceptors (Lipinski definition) is 2. The monoisotopic (exact) mass is 353 g/mol. The lowest BCUT2D eigenvalue weighted by Crippen LogP contribution is -2.46. The zero-order valence-corrected chi connectivity index (χ0v) is 14.9. The lowest BCUT2D eigenvalue weighted by Gasteiger charge is -2.39. The Balaban J connectivity index is 1.38. The second-order valence-corrected chi connectivity index (χ2v) is 8.05. The van der Waals surface area contributed by atoms with E-state index in [4.69, 9.17) is 0 Å². The minimum atomic E-state index is -0.187. The van der Waals surface area contributed by atoms with Crippen molar-refractivity contribution in [1.82, 2.24) is 15.1 Å². The van der Waals surface area contributed by atoms with Gasteiger partial charge in [-0.3, -0.25) is 9.89 Å². The average Bonchev–Trinajstić information content (AvgIpc) is 3.20. The Hall–Kier alpha value is -2.17. The summed E-state index contributed by atoms with van der Waals surface area (Å²) in [5, 5.41) is 7.50. The number of aromatic amines is 1. The van der Waals surface area contributed by atoms with Gasteiger partial charge >= 0.3 is 0 Å². The van der Waals surface area contributed by atoms with Crippen LogP contribution in [0.2, 0.25) is 0 Å². The molecule has 2 atom stereocenters. The summed E-state index contributed by atoms with van der Waals surface area (Å²) in [6.07, 6.45) is 8.38. The van der Waals surface area contributed by atoms with Crippen LogP contribution in [0, 0.1) is 5.82 Å². The summed E-state index contributed by atoms with van der Waals surface area (Å²) < 4.78 is 13.2. The number of aryl methyl sites for hydroxylation is 1. The predicted molar refractivity (Wildman–Crippen MR) is 96.6 cm³/mol. The summed E-state index contributed by atoms with van der Waals surface area (Å²) in [7, 11) is 0. The average molecular weight is 353 g/mol. The molecule has 5 heteroatoms. The van der Waals surface area contributed by atoms with Crippen LogP contribution in [0.15, 0.2) is 24.3 Å². The van der Waals surface area contributed by atoms with Crippen molar-refractivity contribution < 1.29 is 9.18 Å². The lowest BCUT2D eigenvalue weighted by molar-refractivity contribution is 0.0564. The number of carbonyl (C=O) groups is 1. The Kier molecular flexibility index (Phi) is 3.84. The van der Waals surface area contributed by atoms with Crippen LogP contribution in [0.3, 0.4) is 0 Å². The van der Waals surface area contributed by atoms with Gasteiger partial charge in [0, 0.05) is 23.3 Å². The van der Waals surface area contributed by atoms with Gasteiger partial charge in [0.2, 0.25) is 0 Å². The number of fused-ring (bicyclic) bond motifs is 3. The molecule has 1 N–H and O–H groups in total. The van der Waals surface area contributed by atoms with Gasteiger partial charge in [-0.05, 0) is 75.0 Å². The van der Waals surface area contributed by atoms with Crippen molar-refractivity contribution in [3.63, 3.8) is 0 Å². The van der Waals surface area contributed by atoms with Gasteiger partial charge < -0.3 is 4.90 Å². The Morgan fingerprint density at radius 2 is 1.77 bits per heavy atom. The molecule has 136 valence electrons. The molecule has 1 aromatic heterocycles. The number of amides is 1. The number of H-pyrrole nitrogens is 1. The van der Waals surface area contributed by atoms with E-state index in [2.05, 4.69) is 15.1 Å². The molecule has 4 nitrogen and oxygen atoms in total. The van der Waals surface area contributed by atoms with Crippen molar-refractivity contribution in [2.75, 3.05) is 0 Å². The summed E-state index contributed by atoms with van der Waals surface area (Å²) >= 11 is 0. The third kappa shape index (κ3) is 2.56. The molecule has 0 radical (unpaired) electrons. The SMILES string of the molecule is O=C(c1n[nH]c2c1CCCC2)N1[C@H]2CC[C@H]1CC(c1ccc(F)cc1)C2. The van der Waals surface area contributed by atoms with Gasteiger partial charge in [0.1, 0.15) is 5.82 Å². The molecule has 0 saturated carbocycles. The number of nitrogens with one attached hydrogen (secondary N) is 1. The maximum absolute atomic E-state index is 13.3. The van der Waals surface area contributed by atoms with Gasteiger partial charge in [0.15, 0.2) is 5.69 Å². The van der Waals surface area contributed by atoms with E-state index in [0.29, 0.717) is 11.6 Å². The number of piperidine rings is 1. The molecular weight excluding hydrogens is 329 g/mol. The Labute approximate surface area is 152 Å². The zero-order valence-electron chi connectivity index (χ0n) is 14.9. The van der Waals surface area contributed by atoms with Crippen molar-refractivity contribution in [3.05, 3.63) is 52.6 Å². The Morgan fingerprint density at radius 3 is 2.50 bits per heavy atom. The highest BCUT2D eigenvalue weighted by molar-refractivity contribution is 5.94. The van der Waals surface area contributed by atoms with Crippen LogP contribution >= 0.6 is 0 Å². The van der Waals surface area contributed by atoms with Crippen LogP contribution in [-0.2, 0) is 12.8 Å². The first-order valence-corrected chi connectivity index (χ1v) is 9.85. The number of carbonyl (C=O) groups excluding carboxylic acids is 1. The summed E-state index contributed by atoms with van der Waals surface area (Å²) in [5.74, 6) is 0.354. The van der Waals surface area contributed by atoms with Gasteiger partial charge in [-0.1, -0.05) is 12.1 Å². The van der Waals surface area contributed by atoms with Gasteiger partial charge in [-0.25, -0.2) is 4.39 Å². The first-order valence-electron chi connectivity index (χ1n) is 9.85. The van der Waals surface area contributed by atoms with Crippen LogP contribution < -0.4 is 0 Å². The van der Waals surface area contributed by atoms with Crippen LogP contribution in [0.1, 0.15) is 71.8 Å². The molecule has 2 aromatic rings. The topological polar surface area (TPSA) is 49.0 Å². The molecule has 2 aliphatic heterocycles. The fourth-order valence-electron chi connectivity index (χ4n) is 5.30. The molecule has 0 unspecified atom stereocenters. The third-order valence-electron chi connectivity index (χ3n) is 6.57. The highest BCUT2D eigenvalue weighted by atomic mass is 19.1. The molecule has 1 amide bonds. The number of rotatable bonds is 2. The number of hydrogen-bond donors (Lipinski definition) is 1. The summed E-state index contributed by atoms with van der Waals surface area (Å²) in [5.41, 5.74) is 4.18. The quantitative estimate of drug-likeness (QED) is 0.888. The molecule has 5 rings (SSSR count). The van der Waals surface area contributed by atoms with E-state index >= 15 is 0 Å². The van der Waals surface area contributed by atoms with Crippen molar-refractivity contribution in [2.24, 2.45) is 0 Å². The van der Waals surface area contributed by atoms with Crippen LogP contribution in [-0.4, -0.2) is 33.1 Å². The molecular formula is C21H24FN3O. The van der Waals surface area contributed by atoms with Crippen molar-refractivity contribution in [1.29, 1.82) is 0 Å². The van der Waals surface area contributed by atoms with E-state index in [0.717, 1.165) is 56.2 Å². The summed E-state index contributed by atoms with van der Waals surface area (Å²) in [6.45, 7) is 0. The molecule has 3 heterocycles. The van der Waals surface area contributed by atoms with Crippen molar-refractivity contribution in [3.8, 4) is 0 Å². The van der Waals surface area contributed by atoms with E-state index in [1.54, 1.807) is 12.1 Å². The molecule has 2 bridgehead atoms. The fourth-order valence-corrected chi connectivity index (χ4v) is 5.30. The fraction of sp³-hybridized carbons (Fsp3) is 0.524. The van der Waals surface area contributed by atoms with Gasteiger partial charge in [0.05, 0.1) is 0 Å². The standard InChI is InChI=1S/C21H24FN3O/c22-15-7-5-13(6-8-15)14-11-16-9-10-17(12-14)25(16)21(26)20-18-3-1-2-4-19(18)23-24-20/h5-8,14,16-17H,1-4,9-12H2,(H,23,24)/t16-,17-/m0/s1. The smallest absolute Gasteiger partial charge is 0.275 e. The Morgan fingerprint density at radius 1 is 1.08 bits per heavy atom. The van der Waals surface area contributed by atoms with Gasteiger partial charge in [0.25, 0.3) is 5.91 Å². The van der Waals surface area contributed by atoms with Gasteiger partial charge in [-0.2, -0.15) is 5.10 Å². The van der Waals surface area contributed by atoms with E-state index in [1.807, 2.05) is 12.1 Å². The van der Waals surface area contributed by atoms with Gasteiger partial charge in [-0.15, -0.1) is 0 Å². The molecule has 3 aliphatic rings. The third-order valence-corrected chi connectivity index (χ3v) is 6.57. The van der Waals surface area contributed by atoms with E-state index in [-0.39, 0.29) is 23.8 Å². The first kappa shape index (κ1) is 16.0. The molecule has 26 heavy (non-hydrogen) atoms. The molecule has 1 aliphatic carbocycles. The normalized spacial score (nSPS) is 27.4. The van der Waals surface area contributed by atoms with Crippen LogP contribution in [0.25, 0.3) is 0 Å². The number of nitrogens with zero attached hydrogens (tertiary/aromatic N) is 2. The largest absolute Gasteiger partial charge is 0.331 e. The number of benzene rings is 1. The molecule has 2 saturated heterocycles. The van der Waals surface area contributed by atoms with Crippen LogP contribution in [0.5, 0.6) is 0 Å². The van der Waals surface area contributed by atoms with E-state index in [1.165, 1.54) is 12.0 Å². The predicted octanol–water partition coefficient (Wildman–Crippen LogP) is 3.98. The van der Waals surface area contributed by atoms with Crippen LogP contribution in [0.4, 0.5) is 4.39 Å². The second-order valence-electron chi connectivity index (χ2n) is 8.05. The highest BCUT2D eigenvalue weighted by Gasteiger charge is 2.44. The number of halogens is 1. The summed E-state index contributed by atoms with van der Waals surface area (Å²) in [4.78, 5) is 15.4. The molecule has 1 aromatic carbocycles.